The van der Waals surface area contributed by atoms with Crippen LogP contribution in [0.4, 0.5) is 4.39 Å². The molecule has 0 aliphatic heterocycles. The van der Waals surface area contributed by atoms with Crippen molar-refractivity contribution in [2.45, 2.75) is 18.9 Å². The molecule has 1 N–H and O–H groups in total. The van der Waals surface area contributed by atoms with E-state index in [0.717, 1.165) is 12.8 Å². The van der Waals surface area contributed by atoms with Gasteiger partial charge in [0.1, 0.15) is 10.7 Å². The summed E-state index contributed by atoms with van der Waals surface area (Å²) < 4.78 is 13.9. The summed E-state index contributed by atoms with van der Waals surface area (Å²) in [6, 6.07) is 4.34. The van der Waals surface area contributed by atoms with Crippen molar-refractivity contribution in [2.24, 2.45) is 5.92 Å². The van der Waals surface area contributed by atoms with E-state index in [2.05, 4.69) is 0 Å². The quantitative estimate of drug-likeness (QED) is 0.936. The highest BCUT2D eigenvalue weighted by molar-refractivity contribution is 7.21. The molecular weight excluding hydrogens is 313 g/mol. The first-order chi connectivity index (χ1) is 9.95. The molecule has 1 saturated carbocycles. The number of rotatable bonds is 3. The van der Waals surface area contributed by atoms with Gasteiger partial charge in [0.05, 0.1) is 11.1 Å². The number of carbonyl (C=O) groups is 1. The highest BCUT2D eigenvalue weighted by Crippen LogP contribution is 2.37. The van der Waals surface area contributed by atoms with Gasteiger partial charge in [0.15, 0.2) is 0 Å². The van der Waals surface area contributed by atoms with Gasteiger partial charge in [-0.2, -0.15) is 0 Å². The Hall–Kier alpha value is -1.17. The number of hydrogen-bond acceptors (Lipinski definition) is 3. The number of halogens is 2. The van der Waals surface area contributed by atoms with Gasteiger partial charge in [-0.3, -0.25) is 4.79 Å². The molecule has 21 heavy (non-hydrogen) atoms. The van der Waals surface area contributed by atoms with E-state index in [9.17, 15) is 14.3 Å². The van der Waals surface area contributed by atoms with Gasteiger partial charge in [-0.15, -0.1) is 11.3 Å². The average molecular weight is 328 g/mol. The van der Waals surface area contributed by atoms with Gasteiger partial charge >= 0.3 is 0 Å². The third kappa shape index (κ3) is 2.78. The molecule has 112 valence electrons. The second kappa shape index (κ2) is 5.55. The van der Waals surface area contributed by atoms with Crippen molar-refractivity contribution in [3.63, 3.8) is 0 Å². The van der Waals surface area contributed by atoms with Crippen molar-refractivity contribution in [3.8, 4) is 0 Å². The van der Waals surface area contributed by atoms with Gasteiger partial charge in [-0.1, -0.05) is 11.6 Å². The number of carbonyl (C=O) groups excluding carboxylic acids is 1. The smallest absolute Gasteiger partial charge is 0.265 e. The maximum absolute atomic E-state index is 13.2. The SMILES string of the molecule is CN(CC1CC(O)C1)C(=O)c1sc2cc(F)ccc2c1Cl. The number of aliphatic hydroxyl groups excluding tert-OH is 1. The van der Waals surface area contributed by atoms with E-state index in [0.29, 0.717) is 32.4 Å². The molecule has 6 heteroatoms. The fourth-order valence-corrected chi connectivity index (χ4v) is 4.20. The Morgan fingerprint density at radius 3 is 2.90 bits per heavy atom. The third-order valence-corrected chi connectivity index (χ3v) is 5.52. The molecule has 0 radical (unpaired) electrons. The van der Waals surface area contributed by atoms with E-state index in [1.807, 2.05) is 0 Å². The van der Waals surface area contributed by atoms with Crippen molar-refractivity contribution in [1.29, 1.82) is 0 Å². The summed E-state index contributed by atoms with van der Waals surface area (Å²) in [6.45, 7) is 0.606. The zero-order valence-corrected chi connectivity index (χ0v) is 13.0. The Morgan fingerprint density at radius 1 is 1.52 bits per heavy atom. The number of hydrogen-bond donors (Lipinski definition) is 1. The van der Waals surface area contributed by atoms with Crippen LogP contribution in [0.25, 0.3) is 10.1 Å². The van der Waals surface area contributed by atoms with E-state index in [1.165, 1.54) is 23.5 Å². The second-order valence-corrected chi connectivity index (χ2v) is 6.99. The van der Waals surface area contributed by atoms with Crippen molar-refractivity contribution in [1.82, 2.24) is 4.90 Å². The zero-order chi connectivity index (χ0) is 15.1. The largest absolute Gasteiger partial charge is 0.393 e. The third-order valence-electron chi connectivity index (χ3n) is 3.88. The van der Waals surface area contributed by atoms with Gasteiger partial charge in [-0.25, -0.2) is 4.39 Å². The van der Waals surface area contributed by atoms with Crippen molar-refractivity contribution < 1.29 is 14.3 Å². The lowest BCUT2D eigenvalue weighted by Crippen LogP contribution is -2.39. The number of aliphatic hydroxyl groups is 1. The number of fused-ring (bicyclic) bond motifs is 1. The van der Waals surface area contributed by atoms with Gasteiger partial charge in [0.2, 0.25) is 0 Å². The molecule has 1 fully saturated rings. The van der Waals surface area contributed by atoms with Crippen LogP contribution in [0.1, 0.15) is 22.5 Å². The topological polar surface area (TPSA) is 40.5 Å². The zero-order valence-electron chi connectivity index (χ0n) is 11.5. The molecule has 1 aliphatic carbocycles. The maximum Gasteiger partial charge on any atom is 0.265 e. The first-order valence-corrected chi connectivity index (χ1v) is 7.96. The molecule has 0 atom stereocenters. The highest BCUT2D eigenvalue weighted by Gasteiger charge is 2.30. The summed E-state index contributed by atoms with van der Waals surface area (Å²) in [5.74, 6) is -0.140. The van der Waals surface area contributed by atoms with Crippen LogP contribution < -0.4 is 0 Å². The van der Waals surface area contributed by atoms with Gasteiger partial charge in [-0.05, 0) is 37.0 Å². The fourth-order valence-electron chi connectivity index (χ4n) is 2.67. The molecular formula is C15H15ClFNO2S. The van der Waals surface area contributed by atoms with Crippen LogP contribution in [0.15, 0.2) is 18.2 Å². The summed E-state index contributed by atoms with van der Waals surface area (Å²) in [6.07, 6.45) is 1.25. The van der Waals surface area contributed by atoms with Crippen LogP contribution in [0, 0.1) is 11.7 Å². The molecule has 2 aromatic rings. The number of thiophene rings is 1. The number of amides is 1. The van der Waals surface area contributed by atoms with E-state index in [4.69, 9.17) is 11.6 Å². The first-order valence-electron chi connectivity index (χ1n) is 6.76. The molecule has 1 aromatic heterocycles. The van der Waals surface area contributed by atoms with E-state index >= 15 is 0 Å². The van der Waals surface area contributed by atoms with Crippen molar-refractivity contribution in [2.75, 3.05) is 13.6 Å². The molecule has 1 heterocycles. The van der Waals surface area contributed by atoms with Gasteiger partial charge in [0.25, 0.3) is 5.91 Å². The fraction of sp³-hybridized carbons (Fsp3) is 0.400. The Morgan fingerprint density at radius 2 is 2.24 bits per heavy atom. The minimum absolute atomic E-state index is 0.150. The Bertz CT molecular complexity index is 696. The highest BCUT2D eigenvalue weighted by atomic mass is 35.5. The number of nitrogens with zero attached hydrogens (tertiary/aromatic N) is 1. The molecule has 3 rings (SSSR count). The van der Waals surface area contributed by atoms with Crippen LogP contribution in [-0.2, 0) is 0 Å². The van der Waals surface area contributed by atoms with Crippen molar-refractivity contribution in [3.05, 3.63) is 33.9 Å². The Labute approximate surface area is 130 Å². The lowest BCUT2D eigenvalue weighted by Gasteiger charge is -2.34. The second-order valence-electron chi connectivity index (χ2n) is 5.56. The molecule has 1 aliphatic rings. The Balaban J connectivity index is 1.82. The summed E-state index contributed by atoms with van der Waals surface area (Å²) >= 11 is 7.47. The summed E-state index contributed by atoms with van der Waals surface area (Å²) in [7, 11) is 1.73. The van der Waals surface area contributed by atoms with Crippen LogP contribution in [-0.4, -0.2) is 35.6 Å². The average Bonchev–Trinajstić information content (AvgIpc) is 2.72. The summed E-state index contributed by atoms with van der Waals surface area (Å²) in [5.41, 5.74) is 0. The molecule has 0 saturated heterocycles. The monoisotopic (exact) mass is 327 g/mol. The van der Waals surface area contributed by atoms with Crippen LogP contribution in [0.2, 0.25) is 5.02 Å². The minimum Gasteiger partial charge on any atom is -0.393 e. The van der Waals surface area contributed by atoms with Crippen molar-refractivity contribution >= 4 is 38.9 Å². The lowest BCUT2D eigenvalue weighted by molar-refractivity contribution is 0.0266. The van der Waals surface area contributed by atoms with Gasteiger partial charge < -0.3 is 10.0 Å². The first kappa shape index (κ1) is 14.8. The standard InChI is InChI=1S/C15H15ClFNO2S/c1-18(7-8-4-10(19)5-8)15(20)14-13(16)11-3-2-9(17)6-12(11)21-14/h2-3,6,8,10,19H,4-5,7H2,1H3. The maximum atomic E-state index is 13.2. The summed E-state index contributed by atoms with van der Waals surface area (Å²) in [4.78, 5) is 14.5. The minimum atomic E-state index is -0.337. The van der Waals surface area contributed by atoms with E-state index in [1.54, 1.807) is 18.0 Å². The van der Waals surface area contributed by atoms with Crippen LogP contribution >= 0.6 is 22.9 Å². The predicted molar refractivity (Wildman–Crippen MR) is 82.5 cm³/mol. The molecule has 3 nitrogen and oxygen atoms in total. The molecule has 0 bridgehead atoms. The van der Waals surface area contributed by atoms with Crippen LogP contribution in [0.5, 0.6) is 0 Å². The summed E-state index contributed by atoms with van der Waals surface area (Å²) in [5, 5.41) is 10.4. The normalized spacial score (nSPS) is 21.3. The van der Waals surface area contributed by atoms with E-state index < -0.39 is 0 Å². The predicted octanol–water partition coefficient (Wildman–Crippen LogP) is 3.54. The molecule has 1 amide bonds. The van der Waals surface area contributed by atoms with Gasteiger partial charge in [0, 0.05) is 23.7 Å². The molecule has 0 spiro atoms. The lowest BCUT2D eigenvalue weighted by atomic mass is 9.82. The number of benzene rings is 1. The molecule has 1 aromatic carbocycles. The van der Waals surface area contributed by atoms with Crippen LogP contribution in [0.3, 0.4) is 0 Å². The van der Waals surface area contributed by atoms with E-state index in [-0.39, 0.29) is 17.8 Å². The Kier molecular flexibility index (Phi) is 3.90. The molecule has 0 unspecified atom stereocenters.